The number of aliphatic hydroxyl groups excluding tert-OH is 3. The first-order valence-corrected chi connectivity index (χ1v) is 19.4. The van der Waals surface area contributed by atoms with Gasteiger partial charge in [0.2, 0.25) is 0 Å². The molecule has 6 fully saturated rings. The van der Waals surface area contributed by atoms with Gasteiger partial charge in [0.1, 0.15) is 18.3 Å². The van der Waals surface area contributed by atoms with Crippen molar-refractivity contribution in [1.29, 1.82) is 0 Å². The minimum Gasteiger partial charge on any atom is -0.481 e. The van der Waals surface area contributed by atoms with Gasteiger partial charge in [-0.15, -0.1) is 0 Å². The van der Waals surface area contributed by atoms with Crippen LogP contribution in [0.3, 0.4) is 0 Å². The van der Waals surface area contributed by atoms with E-state index in [1.54, 1.807) is 0 Å². The molecule has 49 heavy (non-hydrogen) atoms. The van der Waals surface area contributed by atoms with Crippen LogP contribution in [0.2, 0.25) is 0 Å². The molecule has 1 saturated heterocycles. The topological polar surface area (TPSA) is 154 Å². The lowest BCUT2D eigenvalue weighted by atomic mass is 9.31. The summed E-state index contributed by atoms with van der Waals surface area (Å²) in [7, 11) is 0. The van der Waals surface area contributed by atoms with E-state index in [4.69, 9.17) is 9.47 Å². The summed E-state index contributed by atoms with van der Waals surface area (Å²) in [4.78, 5) is 25.0. The van der Waals surface area contributed by atoms with Crippen molar-refractivity contribution in [3.05, 3.63) is 11.6 Å². The van der Waals surface area contributed by atoms with Crippen LogP contribution in [0.5, 0.6) is 0 Å². The summed E-state index contributed by atoms with van der Waals surface area (Å²) >= 11 is 0. The van der Waals surface area contributed by atoms with Crippen molar-refractivity contribution in [3.63, 3.8) is 0 Å². The van der Waals surface area contributed by atoms with Gasteiger partial charge >= 0.3 is 11.9 Å². The molecular weight excluding hydrogens is 624 g/mol. The lowest BCUT2D eigenvalue weighted by molar-refractivity contribution is -0.324. The summed E-state index contributed by atoms with van der Waals surface area (Å²) in [5.41, 5.74) is 0.724. The Hall–Kier alpha value is -1.52. The number of carboxylic acids is 2. The van der Waals surface area contributed by atoms with Gasteiger partial charge in [-0.2, -0.15) is 0 Å². The third-order valence-corrected chi connectivity index (χ3v) is 16.7. The number of carbonyl (C=O) groups is 2. The number of hydrogen-bond acceptors (Lipinski definition) is 7. The van der Waals surface area contributed by atoms with E-state index in [2.05, 4.69) is 47.6 Å². The van der Waals surface area contributed by atoms with E-state index in [0.717, 1.165) is 57.8 Å². The fourth-order valence-corrected chi connectivity index (χ4v) is 14.2. The fourth-order valence-electron chi connectivity index (χ4n) is 14.2. The number of ether oxygens (including phenoxy) is 2. The molecule has 0 amide bonds. The second kappa shape index (κ2) is 11.7. The van der Waals surface area contributed by atoms with Gasteiger partial charge in [-0.3, -0.25) is 4.79 Å². The molecule has 0 aromatic heterocycles. The zero-order chi connectivity index (χ0) is 35.5. The smallest absolute Gasteiger partial charge is 0.335 e. The number of hydrogen-bond donors (Lipinski definition) is 5. The van der Waals surface area contributed by atoms with E-state index in [9.17, 15) is 35.1 Å². The number of allylic oxidation sites excluding steroid dienone is 2. The zero-order valence-corrected chi connectivity index (χ0v) is 30.6. The predicted octanol–water partition coefficient (Wildman–Crippen LogP) is 6.32. The first kappa shape index (κ1) is 35.9. The number of aliphatic hydroxyl groups is 3. The van der Waals surface area contributed by atoms with Gasteiger partial charge < -0.3 is 35.0 Å². The van der Waals surface area contributed by atoms with Crippen LogP contribution in [0, 0.1) is 56.2 Å². The van der Waals surface area contributed by atoms with Crippen LogP contribution in [0.1, 0.15) is 131 Å². The number of rotatable bonds is 5. The van der Waals surface area contributed by atoms with E-state index in [-0.39, 0.29) is 39.1 Å². The van der Waals surface area contributed by atoms with E-state index in [0.29, 0.717) is 24.2 Å². The molecule has 9 nitrogen and oxygen atoms in total. The largest absolute Gasteiger partial charge is 0.481 e. The highest BCUT2D eigenvalue weighted by Crippen LogP contribution is 2.78. The van der Waals surface area contributed by atoms with Crippen molar-refractivity contribution in [3.8, 4) is 0 Å². The molecule has 7 aliphatic rings. The second-order valence-corrected chi connectivity index (χ2v) is 19.5. The van der Waals surface area contributed by atoms with Gasteiger partial charge in [0.05, 0.1) is 11.5 Å². The highest BCUT2D eigenvalue weighted by molar-refractivity contribution is 5.77. The Bertz CT molecular complexity index is 1370. The minimum atomic E-state index is -1.75. The molecule has 0 radical (unpaired) electrons. The Morgan fingerprint density at radius 3 is 2.12 bits per heavy atom. The van der Waals surface area contributed by atoms with Crippen LogP contribution < -0.4 is 0 Å². The molecule has 276 valence electrons. The maximum absolute atomic E-state index is 13.3. The maximum Gasteiger partial charge on any atom is 0.335 e. The van der Waals surface area contributed by atoms with E-state index >= 15 is 0 Å². The molecule has 0 aromatic rings. The van der Waals surface area contributed by atoms with Crippen molar-refractivity contribution >= 4 is 11.9 Å². The van der Waals surface area contributed by atoms with Crippen molar-refractivity contribution < 1.29 is 44.6 Å². The predicted molar refractivity (Wildman–Crippen MR) is 182 cm³/mol. The Labute approximate surface area is 292 Å². The van der Waals surface area contributed by atoms with Crippen molar-refractivity contribution in [2.24, 2.45) is 56.2 Å². The van der Waals surface area contributed by atoms with Crippen LogP contribution in [0.15, 0.2) is 11.6 Å². The van der Waals surface area contributed by atoms with Crippen LogP contribution in [0.4, 0.5) is 0 Å². The van der Waals surface area contributed by atoms with Gasteiger partial charge in [0.15, 0.2) is 12.4 Å². The minimum absolute atomic E-state index is 0.00249. The third kappa shape index (κ3) is 4.94. The summed E-state index contributed by atoms with van der Waals surface area (Å²) in [6.45, 7) is 14.3. The third-order valence-electron chi connectivity index (χ3n) is 16.7. The normalized spacial score (nSPS) is 50.6. The summed E-state index contributed by atoms with van der Waals surface area (Å²) in [5, 5.41) is 52.0. The Balaban J connectivity index is 1.23. The van der Waals surface area contributed by atoms with Gasteiger partial charge in [-0.25, -0.2) is 4.79 Å². The standard InChI is InChI=1S/C40H62O9/c1-35(2)17-18-39(34(46)47)19-20-40(22-9-7-8-10-22)23(24(39)21-35)11-12-26-37(5)15-14-27(36(3,4)25(37)13-16-38(26,40)6)48-33-30(43)28(41)29(42)31(49-33)32(44)45/h11,22,24-31,33,41-43H,7-10,12-21H2,1-6H3,(H,44,45)(H,46,47). The first-order chi connectivity index (χ1) is 22.9. The Morgan fingerprint density at radius 2 is 1.47 bits per heavy atom. The lowest BCUT2D eigenvalue weighted by Gasteiger charge is -2.73. The maximum atomic E-state index is 13.3. The van der Waals surface area contributed by atoms with Crippen molar-refractivity contribution in [2.45, 2.75) is 168 Å². The molecule has 9 heteroatoms. The molecule has 13 atom stereocenters. The second-order valence-electron chi connectivity index (χ2n) is 19.5. The molecule has 0 bridgehead atoms. The summed E-state index contributed by atoms with van der Waals surface area (Å²) < 4.78 is 12.0. The molecule has 0 spiro atoms. The summed E-state index contributed by atoms with van der Waals surface area (Å²) in [5.74, 6) is -0.574. The van der Waals surface area contributed by atoms with Gasteiger partial charge in [0, 0.05) is 5.41 Å². The molecule has 6 aliphatic carbocycles. The SMILES string of the molecule is CC1(C)CCC2(C(=O)O)CCC3(C4CCCC4)C(=CCC4C5(C)CCC(OC6OC(C(=O)O)C(O)C(O)C6O)C(C)(C)C5CCC43C)C2C1. The average molecular weight is 687 g/mol. The van der Waals surface area contributed by atoms with Crippen LogP contribution in [-0.2, 0) is 19.1 Å². The number of carboxylic acid groups (broad SMARTS) is 2. The molecule has 5 N–H and O–H groups in total. The highest BCUT2D eigenvalue weighted by atomic mass is 16.7. The van der Waals surface area contributed by atoms with Crippen LogP contribution >= 0.6 is 0 Å². The fraction of sp³-hybridized carbons (Fsp3) is 0.900. The van der Waals surface area contributed by atoms with E-state index in [1.807, 2.05) is 0 Å². The summed E-state index contributed by atoms with van der Waals surface area (Å²) in [6, 6.07) is 0. The number of aliphatic carboxylic acids is 2. The van der Waals surface area contributed by atoms with E-state index < -0.39 is 48.1 Å². The molecule has 1 aliphatic heterocycles. The van der Waals surface area contributed by atoms with Crippen LogP contribution in [-0.4, -0.2) is 74.3 Å². The van der Waals surface area contributed by atoms with Crippen molar-refractivity contribution in [2.75, 3.05) is 0 Å². The lowest BCUT2D eigenvalue weighted by Crippen LogP contribution is -2.67. The molecule has 0 aromatic carbocycles. The number of fused-ring (bicyclic) bond motifs is 7. The van der Waals surface area contributed by atoms with Gasteiger partial charge in [-0.05, 0) is 122 Å². The highest BCUT2D eigenvalue weighted by Gasteiger charge is 2.72. The van der Waals surface area contributed by atoms with Crippen molar-refractivity contribution in [1.82, 2.24) is 0 Å². The quantitative estimate of drug-likeness (QED) is 0.165. The molecule has 5 saturated carbocycles. The van der Waals surface area contributed by atoms with Gasteiger partial charge in [-0.1, -0.05) is 66.0 Å². The molecule has 13 unspecified atom stereocenters. The first-order valence-electron chi connectivity index (χ1n) is 19.4. The molecule has 7 rings (SSSR count). The molecule has 1 heterocycles. The monoisotopic (exact) mass is 686 g/mol. The van der Waals surface area contributed by atoms with Gasteiger partial charge in [0.25, 0.3) is 0 Å². The van der Waals surface area contributed by atoms with E-state index in [1.165, 1.54) is 31.3 Å². The Morgan fingerprint density at radius 1 is 0.796 bits per heavy atom. The summed E-state index contributed by atoms with van der Waals surface area (Å²) in [6.07, 6.45) is 8.35. The average Bonchev–Trinajstić information content (AvgIpc) is 3.57. The Kier molecular flexibility index (Phi) is 8.60. The van der Waals surface area contributed by atoms with Crippen LogP contribution in [0.25, 0.3) is 0 Å². The zero-order valence-electron chi connectivity index (χ0n) is 30.6. The molecular formula is C40H62O9.